The molecule has 3 rings (SSSR count). The molecule has 3 heteroatoms. The largest absolute Gasteiger partial charge is 0.340 e. The SMILES string of the molecule is CC.CCCCN1c2ccccc2Sc2ccc(C(C)=O)cc21. The standard InChI is InChI=1S/C18H19NOS.C2H6/c1-3-4-11-19-15-7-5-6-8-17(15)21-18-10-9-14(13(2)20)12-16(18)19;1-2/h5-10,12H,3-4,11H2,1-2H3;1-2H3. The van der Waals surface area contributed by atoms with Gasteiger partial charge < -0.3 is 4.90 Å². The minimum atomic E-state index is 0.122. The number of nitrogens with zero attached hydrogens (tertiary/aromatic N) is 1. The second kappa shape index (κ2) is 8.21. The second-order valence-electron chi connectivity index (χ2n) is 5.31. The average molecular weight is 327 g/mol. The summed E-state index contributed by atoms with van der Waals surface area (Å²) in [5.41, 5.74) is 3.21. The molecule has 0 unspecified atom stereocenters. The van der Waals surface area contributed by atoms with E-state index in [2.05, 4.69) is 42.2 Å². The maximum absolute atomic E-state index is 11.7. The number of Topliss-reactive ketones (excluding diaryl/α,β-unsaturated/α-hetero) is 1. The number of hydrogen-bond donors (Lipinski definition) is 0. The number of para-hydroxylation sites is 1. The summed E-state index contributed by atoms with van der Waals surface area (Å²) in [5.74, 6) is 0.122. The third-order valence-corrected chi connectivity index (χ3v) is 4.90. The van der Waals surface area contributed by atoms with E-state index in [1.807, 2.05) is 26.0 Å². The number of benzene rings is 2. The summed E-state index contributed by atoms with van der Waals surface area (Å²) < 4.78 is 0. The Labute approximate surface area is 143 Å². The Morgan fingerprint density at radius 3 is 2.43 bits per heavy atom. The van der Waals surface area contributed by atoms with E-state index in [9.17, 15) is 4.79 Å². The van der Waals surface area contributed by atoms with Gasteiger partial charge in [0.25, 0.3) is 0 Å². The Morgan fingerprint density at radius 2 is 1.74 bits per heavy atom. The number of fused-ring (bicyclic) bond motifs is 2. The minimum absolute atomic E-state index is 0.122. The molecular weight excluding hydrogens is 302 g/mol. The van der Waals surface area contributed by atoms with E-state index in [-0.39, 0.29) is 5.78 Å². The van der Waals surface area contributed by atoms with Crippen molar-refractivity contribution in [1.29, 1.82) is 0 Å². The molecule has 0 radical (unpaired) electrons. The lowest BCUT2D eigenvalue weighted by atomic mass is 10.1. The van der Waals surface area contributed by atoms with Crippen LogP contribution >= 0.6 is 11.8 Å². The average Bonchev–Trinajstić information content (AvgIpc) is 2.60. The first-order valence-corrected chi connectivity index (χ1v) is 9.21. The molecule has 0 atom stereocenters. The normalized spacial score (nSPS) is 11.9. The zero-order chi connectivity index (χ0) is 16.8. The Kier molecular flexibility index (Phi) is 6.28. The third kappa shape index (κ3) is 3.78. The lowest BCUT2D eigenvalue weighted by molar-refractivity contribution is 0.101. The highest BCUT2D eigenvalue weighted by Crippen LogP contribution is 2.48. The number of unbranched alkanes of at least 4 members (excludes halogenated alkanes) is 1. The monoisotopic (exact) mass is 327 g/mol. The molecule has 1 aliphatic rings. The summed E-state index contributed by atoms with van der Waals surface area (Å²) in [6.07, 6.45) is 2.30. The van der Waals surface area contributed by atoms with Gasteiger partial charge in [-0.05, 0) is 37.6 Å². The third-order valence-electron chi connectivity index (χ3n) is 3.77. The number of anilines is 2. The number of rotatable bonds is 4. The number of carbonyl (C=O) groups excluding carboxylic acids is 1. The summed E-state index contributed by atoms with van der Waals surface area (Å²) in [6, 6.07) is 14.5. The van der Waals surface area contributed by atoms with Gasteiger partial charge in [-0.25, -0.2) is 0 Å². The molecular formula is C20H25NOS. The van der Waals surface area contributed by atoms with E-state index in [0.29, 0.717) is 0 Å². The molecule has 23 heavy (non-hydrogen) atoms. The van der Waals surface area contributed by atoms with E-state index in [1.165, 1.54) is 21.2 Å². The Hall–Kier alpha value is -1.74. The van der Waals surface area contributed by atoms with Gasteiger partial charge in [-0.15, -0.1) is 0 Å². The zero-order valence-corrected chi connectivity index (χ0v) is 15.2. The highest BCUT2D eigenvalue weighted by molar-refractivity contribution is 7.99. The van der Waals surface area contributed by atoms with E-state index in [0.717, 1.165) is 24.9 Å². The molecule has 122 valence electrons. The van der Waals surface area contributed by atoms with Gasteiger partial charge in [0, 0.05) is 21.9 Å². The van der Waals surface area contributed by atoms with Crippen molar-refractivity contribution in [3.63, 3.8) is 0 Å². The molecule has 0 aliphatic carbocycles. The van der Waals surface area contributed by atoms with Crippen molar-refractivity contribution >= 4 is 28.9 Å². The number of ketones is 1. The van der Waals surface area contributed by atoms with E-state index in [4.69, 9.17) is 0 Å². The summed E-state index contributed by atoms with van der Waals surface area (Å²) in [7, 11) is 0. The van der Waals surface area contributed by atoms with Gasteiger partial charge in [0.1, 0.15) is 0 Å². The molecule has 0 saturated heterocycles. The zero-order valence-electron chi connectivity index (χ0n) is 14.4. The van der Waals surface area contributed by atoms with Crippen LogP contribution in [0.2, 0.25) is 0 Å². The smallest absolute Gasteiger partial charge is 0.159 e. The fraction of sp³-hybridized carbons (Fsp3) is 0.350. The molecule has 2 aromatic rings. The maximum Gasteiger partial charge on any atom is 0.159 e. The van der Waals surface area contributed by atoms with E-state index in [1.54, 1.807) is 18.7 Å². The van der Waals surface area contributed by atoms with Gasteiger partial charge in [0.15, 0.2) is 5.78 Å². The molecule has 1 aliphatic heterocycles. The van der Waals surface area contributed by atoms with Crippen LogP contribution in [0.1, 0.15) is 50.9 Å². The lowest BCUT2D eigenvalue weighted by Gasteiger charge is -2.33. The van der Waals surface area contributed by atoms with Crippen molar-refractivity contribution in [3.05, 3.63) is 48.0 Å². The summed E-state index contributed by atoms with van der Waals surface area (Å²) in [5, 5.41) is 0. The van der Waals surface area contributed by atoms with Crippen molar-refractivity contribution < 1.29 is 4.79 Å². The minimum Gasteiger partial charge on any atom is -0.340 e. The fourth-order valence-corrected chi connectivity index (χ4v) is 3.68. The molecule has 0 saturated carbocycles. The number of carbonyl (C=O) groups is 1. The van der Waals surface area contributed by atoms with Gasteiger partial charge in [0.05, 0.1) is 11.4 Å². The summed E-state index contributed by atoms with van der Waals surface area (Å²) >= 11 is 1.79. The Bertz CT molecular complexity index is 681. The quantitative estimate of drug-likeness (QED) is 0.613. The van der Waals surface area contributed by atoms with Crippen molar-refractivity contribution in [1.82, 2.24) is 0 Å². The van der Waals surface area contributed by atoms with Crippen LogP contribution < -0.4 is 4.90 Å². The molecule has 1 heterocycles. The predicted molar refractivity (Wildman–Crippen MR) is 100 cm³/mol. The molecule has 0 aromatic heterocycles. The molecule has 0 fully saturated rings. The number of hydrogen-bond acceptors (Lipinski definition) is 3. The molecule has 0 bridgehead atoms. The highest BCUT2D eigenvalue weighted by Gasteiger charge is 2.23. The first-order valence-electron chi connectivity index (χ1n) is 8.40. The molecule has 0 spiro atoms. The molecule has 2 nitrogen and oxygen atoms in total. The van der Waals surface area contributed by atoms with Crippen molar-refractivity contribution in [2.24, 2.45) is 0 Å². The lowest BCUT2D eigenvalue weighted by Crippen LogP contribution is -2.22. The first kappa shape index (κ1) is 17.6. The van der Waals surface area contributed by atoms with Crippen molar-refractivity contribution in [2.75, 3.05) is 11.4 Å². The van der Waals surface area contributed by atoms with Gasteiger partial charge in [-0.2, -0.15) is 0 Å². The van der Waals surface area contributed by atoms with Crippen LogP contribution in [-0.2, 0) is 0 Å². The van der Waals surface area contributed by atoms with Crippen LogP contribution in [0.4, 0.5) is 11.4 Å². The van der Waals surface area contributed by atoms with Crippen molar-refractivity contribution in [2.45, 2.75) is 50.3 Å². The molecule has 2 aromatic carbocycles. The van der Waals surface area contributed by atoms with Crippen LogP contribution in [0, 0.1) is 0 Å². The summed E-state index contributed by atoms with van der Waals surface area (Å²) in [6.45, 7) is 8.82. The summed E-state index contributed by atoms with van der Waals surface area (Å²) in [4.78, 5) is 16.6. The van der Waals surface area contributed by atoms with Crippen LogP contribution in [0.15, 0.2) is 52.3 Å². The van der Waals surface area contributed by atoms with Gasteiger partial charge in [0.2, 0.25) is 0 Å². The van der Waals surface area contributed by atoms with Gasteiger partial charge in [-0.3, -0.25) is 4.79 Å². The van der Waals surface area contributed by atoms with Crippen LogP contribution in [0.25, 0.3) is 0 Å². The van der Waals surface area contributed by atoms with Crippen LogP contribution in [0.3, 0.4) is 0 Å². The van der Waals surface area contributed by atoms with Crippen LogP contribution in [0.5, 0.6) is 0 Å². The van der Waals surface area contributed by atoms with E-state index < -0.39 is 0 Å². The van der Waals surface area contributed by atoms with Gasteiger partial charge in [-0.1, -0.05) is 57.2 Å². The molecule has 0 N–H and O–H groups in total. The first-order chi connectivity index (χ1) is 11.2. The van der Waals surface area contributed by atoms with Crippen LogP contribution in [-0.4, -0.2) is 12.3 Å². The molecule has 0 amide bonds. The van der Waals surface area contributed by atoms with E-state index >= 15 is 0 Å². The van der Waals surface area contributed by atoms with Gasteiger partial charge >= 0.3 is 0 Å². The topological polar surface area (TPSA) is 20.3 Å². The predicted octanol–water partition coefficient (Wildman–Crippen LogP) is 6.32. The Balaban J connectivity index is 0.000000924. The Morgan fingerprint density at radius 1 is 1.04 bits per heavy atom. The van der Waals surface area contributed by atoms with Crippen molar-refractivity contribution in [3.8, 4) is 0 Å². The fourth-order valence-electron chi connectivity index (χ4n) is 2.61. The highest BCUT2D eigenvalue weighted by atomic mass is 32.2. The second-order valence-corrected chi connectivity index (χ2v) is 6.40. The maximum atomic E-state index is 11.7.